The van der Waals surface area contributed by atoms with Crippen LogP contribution in [-0.2, 0) is 0 Å². The lowest BCUT2D eigenvalue weighted by atomic mass is 9.35. The molecule has 0 aromatic rings. The highest BCUT2D eigenvalue weighted by Gasteiger charge is 2.64. The molecule has 16 heavy (non-hydrogen) atoms. The molecular weight excluding hydrogens is 192 g/mol. The Morgan fingerprint density at radius 3 is 1.62 bits per heavy atom. The fourth-order valence-electron chi connectivity index (χ4n) is 4.76. The van der Waals surface area contributed by atoms with Gasteiger partial charge in [0.15, 0.2) is 0 Å². The van der Waals surface area contributed by atoms with Gasteiger partial charge in [-0.3, -0.25) is 0 Å². The van der Waals surface area contributed by atoms with E-state index in [2.05, 4.69) is 55.4 Å². The van der Waals surface area contributed by atoms with Gasteiger partial charge in [-0.2, -0.15) is 0 Å². The second-order valence-corrected chi connectivity index (χ2v) is 8.07. The Bertz CT molecular complexity index is 241. The minimum atomic E-state index is 0.491. The molecule has 0 amide bonds. The van der Waals surface area contributed by atoms with Crippen molar-refractivity contribution in [3.63, 3.8) is 0 Å². The third kappa shape index (κ3) is 1.83. The van der Waals surface area contributed by atoms with E-state index < -0.39 is 0 Å². The summed E-state index contributed by atoms with van der Waals surface area (Å²) in [6.45, 7) is 19.5. The van der Waals surface area contributed by atoms with Gasteiger partial charge in [0.05, 0.1) is 0 Å². The number of hydrogen-bond donors (Lipinski definition) is 0. The van der Waals surface area contributed by atoms with Crippen LogP contribution in [0.1, 0.15) is 81.1 Å². The average Bonchev–Trinajstić information content (AvgIpc) is 2.11. The van der Waals surface area contributed by atoms with Crippen molar-refractivity contribution in [1.82, 2.24) is 0 Å². The summed E-state index contributed by atoms with van der Waals surface area (Å²) in [5.74, 6) is 0. The predicted octanol–water partition coefficient (Wildman–Crippen LogP) is 5.67. The quantitative estimate of drug-likeness (QED) is 0.577. The largest absolute Gasteiger partial charge is 0.0649 e. The summed E-state index contributed by atoms with van der Waals surface area (Å²) in [7, 11) is 0. The molecular formula is C16H32. The zero-order valence-electron chi connectivity index (χ0n) is 12.8. The molecule has 0 N–H and O–H groups in total. The molecule has 0 heterocycles. The fourth-order valence-corrected chi connectivity index (χ4v) is 4.76. The number of rotatable bonds is 4. The van der Waals surface area contributed by atoms with E-state index in [0.717, 1.165) is 0 Å². The lowest BCUT2D eigenvalue weighted by molar-refractivity contribution is -0.205. The summed E-state index contributed by atoms with van der Waals surface area (Å²) >= 11 is 0. The highest BCUT2D eigenvalue weighted by molar-refractivity contribution is 5.13. The van der Waals surface area contributed by atoms with Gasteiger partial charge in [-0.1, -0.05) is 61.8 Å². The molecule has 0 unspecified atom stereocenters. The van der Waals surface area contributed by atoms with Gasteiger partial charge in [0.1, 0.15) is 0 Å². The second-order valence-electron chi connectivity index (χ2n) is 8.07. The van der Waals surface area contributed by atoms with Gasteiger partial charge in [-0.15, -0.1) is 0 Å². The molecule has 0 saturated heterocycles. The number of hydrogen-bond acceptors (Lipinski definition) is 0. The molecule has 0 aromatic carbocycles. The van der Waals surface area contributed by atoms with Crippen molar-refractivity contribution in [2.45, 2.75) is 81.1 Å². The summed E-state index contributed by atoms with van der Waals surface area (Å²) in [5, 5.41) is 0. The van der Waals surface area contributed by atoms with Crippen molar-refractivity contribution in [2.24, 2.45) is 21.7 Å². The van der Waals surface area contributed by atoms with Crippen LogP contribution in [0.3, 0.4) is 0 Å². The van der Waals surface area contributed by atoms with Gasteiger partial charge in [0.25, 0.3) is 0 Å². The summed E-state index contributed by atoms with van der Waals surface area (Å²) in [6, 6.07) is 0. The van der Waals surface area contributed by atoms with E-state index >= 15 is 0 Å². The Hall–Kier alpha value is 0. The lowest BCUT2D eigenvalue weighted by Crippen LogP contribution is -2.61. The molecule has 1 aliphatic carbocycles. The zero-order valence-corrected chi connectivity index (χ0v) is 12.8. The van der Waals surface area contributed by atoms with Crippen molar-refractivity contribution < 1.29 is 0 Å². The van der Waals surface area contributed by atoms with Crippen LogP contribution in [0, 0.1) is 21.7 Å². The molecule has 0 spiro atoms. The second kappa shape index (κ2) is 3.75. The molecule has 1 aliphatic rings. The Balaban J connectivity index is 3.02. The van der Waals surface area contributed by atoms with Crippen LogP contribution < -0.4 is 0 Å². The fraction of sp³-hybridized carbons (Fsp3) is 1.00. The Morgan fingerprint density at radius 1 is 0.938 bits per heavy atom. The molecule has 0 aromatic heterocycles. The van der Waals surface area contributed by atoms with Crippen LogP contribution in [0.25, 0.3) is 0 Å². The predicted molar refractivity (Wildman–Crippen MR) is 73.6 cm³/mol. The van der Waals surface area contributed by atoms with Crippen molar-refractivity contribution >= 4 is 0 Å². The van der Waals surface area contributed by atoms with Crippen molar-refractivity contribution in [3.05, 3.63) is 0 Å². The summed E-state index contributed by atoms with van der Waals surface area (Å²) < 4.78 is 0. The molecule has 0 radical (unpaired) electrons. The third-order valence-corrected chi connectivity index (χ3v) is 5.82. The lowest BCUT2D eigenvalue weighted by Gasteiger charge is -2.70. The minimum Gasteiger partial charge on any atom is -0.0649 e. The molecule has 0 nitrogen and oxygen atoms in total. The first-order chi connectivity index (χ1) is 7.04. The van der Waals surface area contributed by atoms with E-state index in [1.54, 1.807) is 0 Å². The third-order valence-electron chi connectivity index (χ3n) is 5.82. The first-order valence-electron chi connectivity index (χ1n) is 7.04. The van der Waals surface area contributed by atoms with E-state index in [1.807, 2.05) is 0 Å². The van der Waals surface area contributed by atoms with E-state index in [0.29, 0.717) is 21.7 Å². The van der Waals surface area contributed by atoms with Crippen LogP contribution in [0.4, 0.5) is 0 Å². The van der Waals surface area contributed by atoms with Crippen LogP contribution in [0.15, 0.2) is 0 Å². The minimum absolute atomic E-state index is 0.491. The molecule has 0 heteroatoms. The molecule has 1 saturated carbocycles. The summed E-state index contributed by atoms with van der Waals surface area (Å²) in [6.07, 6.45) is 5.39. The molecule has 0 aliphatic heterocycles. The van der Waals surface area contributed by atoms with Crippen LogP contribution in [0.5, 0.6) is 0 Å². The topological polar surface area (TPSA) is 0 Å². The average molecular weight is 224 g/mol. The maximum Gasteiger partial charge on any atom is -0.0192 e. The van der Waals surface area contributed by atoms with Crippen LogP contribution >= 0.6 is 0 Å². The summed E-state index contributed by atoms with van der Waals surface area (Å²) in [4.78, 5) is 0. The smallest absolute Gasteiger partial charge is 0.0192 e. The standard InChI is InChI=1S/C16H32/c1-9-13(3,4)11-16(10-2)14(5,6)12-15(16,7)8/h9-12H2,1-8H3. The van der Waals surface area contributed by atoms with Crippen molar-refractivity contribution in [1.29, 1.82) is 0 Å². The van der Waals surface area contributed by atoms with E-state index in [9.17, 15) is 0 Å². The summed E-state index contributed by atoms with van der Waals surface area (Å²) in [5.41, 5.74) is 2.08. The highest BCUT2D eigenvalue weighted by atomic mass is 14.7. The first-order valence-corrected chi connectivity index (χ1v) is 7.04. The molecule has 1 rings (SSSR count). The van der Waals surface area contributed by atoms with Crippen LogP contribution in [0.2, 0.25) is 0 Å². The zero-order chi connectivity index (χ0) is 12.8. The van der Waals surface area contributed by atoms with Crippen molar-refractivity contribution in [3.8, 4) is 0 Å². The Labute approximate surface area is 103 Å². The molecule has 0 bridgehead atoms. The van der Waals surface area contributed by atoms with Crippen molar-refractivity contribution in [2.75, 3.05) is 0 Å². The van der Waals surface area contributed by atoms with Gasteiger partial charge in [-0.25, -0.2) is 0 Å². The maximum atomic E-state index is 2.48. The monoisotopic (exact) mass is 224 g/mol. The first kappa shape index (κ1) is 14.1. The Kier molecular flexibility index (Phi) is 3.30. The molecule has 96 valence electrons. The normalized spacial score (nSPS) is 26.2. The van der Waals surface area contributed by atoms with Gasteiger partial charge < -0.3 is 0 Å². The van der Waals surface area contributed by atoms with E-state index in [1.165, 1.54) is 25.7 Å². The van der Waals surface area contributed by atoms with Gasteiger partial charge in [-0.05, 0) is 40.9 Å². The van der Waals surface area contributed by atoms with Crippen LogP contribution in [-0.4, -0.2) is 0 Å². The van der Waals surface area contributed by atoms with Gasteiger partial charge in [0.2, 0.25) is 0 Å². The highest BCUT2D eigenvalue weighted by Crippen LogP contribution is 2.72. The Morgan fingerprint density at radius 2 is 1.38 bits per heavy atom. The van der Waals surface area contributed by atoms with Gasteiger partial charge in [0, 0.05) is 0 Å². The van der Waals surface area contributed by atoms with E-state index in [-0.39, 0.29) is 0 Å². The molecule has 0 atom stereocenters. The molecule has 1 fully saturated rings. The van der Waals surface area contributed by atoms with E-state index in [4.69, 9.17) is 0 Å². The maximum absolute atomic E-state index is 2.48. The van der Waals surface area contributed by atoms with Gasteiger partial charge >= 0.3 is 0 Å². The SMILES string of the molecule is CCC(C)(C)CC1(CC)C(C)(C)CC1(C)C.